The molecule has 0 aromatic carbocycles. The molecule has 1 aromatic heterocycles. The second-order valence-corrected chi connectivity index (χ2v) is 5.20. The minimum Gasteiger partial charge on any atom is -0.356 e. The maximum Gasteiger partial charge on any atom is 0.132 e. The van der Waals surface area contributed by atoms with Crippen molar-refractivity contribution in [2.45, 2.75) is 37.5 Å². The van der Waals surface area contributed by atoms with E-state index in [-0.39, 0.29) is 5.41 Å². The standard InChI is InChI=1S/C14H18N2O/c17-11-14(6-7-14)12-5-4-8-15-13(12)16-9-2-1-3-10-16/h4-5,8,11H,1-3,6-7,9-10H2. The van der Waals surface area contributed by atoms with Crippen molar-refractivity contribution in [3.05, 3.63) is 23.9 Å². The van der Waals surface area contributed by atoms with Crippen LogP contribution in [0, 0.1) is 0 Å². The number of nitrogens with zero attached hydrogens (tertiary/aromatic N) is 2. The summed E-state index contributed by atoms with van der Waals surface area (Å²) >= 11 is 0. The minimum absolute atomic E-state index is 0.207. The molecule has 0 N–H and O–H groups in total. The van der Waals surface area contributed by atoms with Gasteiger partial charge in [-0.25, -0.2) is 4.98 Å². The largest absolute Gasteiger partial charge is 0.356 e. The summed E-state index contributed by atoms with van der Waals surface area (Å²) in [6, 6.07) is 4.03. The van der Waals surface area contributed by atoms with Crippen LogP contribution in [0.4, 0.5) is 5.82 Å². The number of rotatable bonds is 3. The molecule has 1 aromatic rings. The summed E-state index contributed by atoms with van der Waals surface area (Å²) < 4.78 is 0. The van der Waals surface area contributed by atoms with E-state index in [4.69, 9.17) is 0 Å². The Balaban J connectivity index is 1.95. The third kappa shape index (κ3) is 1.84. The number of anilines is 1. The lowest BCUT2D eigenvalue weighted by molar-refractivity contribution is -0.109. The number of piperidine rings is 1. The number of pyridine rings is 1. The smallest absolute Gasteiger partial charge is 0.132 e. The van der Waals surface area contributed by atoms with E-state index < -0.39 is 0 Å². The van der Waals surface area contributed by atoms with Crippen LogP contribution >= 0.6 is 0 Å². The molecule has 0 bridgehead atoms. The molecule has 90 valence electrons. The SMILES string of the molecule is O=CC1(c2cccnc2N2CCCCC2)CC1. The first-order valence-corrected chi connectivity index (χ1v) is 6.52. The first-order chi connectivity index (χ1) is 8.36. The van der Waals surface area contributed by atoms with Crippen LogP contribution in [0.1, 0.15) is 37.7 Å². The molecule has 3 rings (SSSR count). The van der Waals surface area contributed by atoms with Crippen molar-refractivity contribution in [1.82, 2.24) is 4.98 Å². The fourth-order valence-electron chi connectivity index (χ4n) is 2.73. The summed E-state index contributed by atoms with van der Waals surface area (Å²) in [4.78, 5) is 18.2. The Morgan fingerprint density at radius 3 is 2.65 bits per heavy atom. The van der Waals surface area contributed by atoms with Gasteiger partial charge < -0.3 is 9.69 Å². The fraction of sp³-hybridized carbons (Fsp3) is 0.571. The summed E-state index contributed by atoms with van der Waals surface area (Å²) in [5.41, 5.74) is 0.943. The lowest BCUT2D eigenvalue weighted by Crippen LogP contribution is -2.32. The predicted molar refractivity (Wildman–Crippen MR) is 67.3 cm³/mol. The zero-order valence-corrected chi connectivity index (χ0v) is 10.1. The van der Waals surface area contributed by atoms with Crippen molar-refractivity contribution in [3.63, 3.8) is 0 Å². The number of carbonyl (C=O) groups excluding carboxylic acids is 1. The molecule has 2 aliphatic rings. The average molecular weight is 230 g/mol. The molecule has 0 amide bonds. The van der Waals surface area contributed by atoms with Crippen molar-refractivity contribution < 1.29 is 4.79 Å². The molecular formula is C14H18N2O. The third-order valence-corrected chi connectivity index (χ3v) is 3.99. The normalized spacial score (nSPS) is 22.2. The van der Waals surface area contributed by atoms with Crippen LogP contribution < -0.4 is 4.90 Å². The fourth-order valence-corrected chi connectivity index (χ4v) is 2.73. The van der Waals surface area contributed by atoms with Crippen LogP contribution in [-0.4, -0.2) is 24.4 Å². The molecule has 0 atom stereocenters. The highest BCUT2D eigenvalue weighted by Gasteiger charge is 2.46. The van der Waals surface area contributed by atoms with Gasteiger partial charge in [0.1, 0.15) is 12.1 Å². The van der Waals surface area contributed by atoms with Gasteiger partial charge >= 0.3 is 0 Å². The molecular weight excluding hydrogens is 212 g/mol. The zero-order chi connectivity index (χ0) is 11.7. The Morgan fingerprint density at radius 2 is 2.00 bits per heavy atom. The average Bonchev–Trinajstić information content (AvgIpc) is 3.21. The van der Waals surface area contributed by atoms with E-state index in [9.17, 15) is 4.79 Å². The van der Waals surface area contributed by atoms with Crippen molar-refractivity contribution in [2.24, 2.45) is 0 Å². The van der Waals surface area contributed by atoms with Crippen LogP contribution in [0.25, 0.3) is 0 Å². The zero-order valence-electron chi connectivity index (χ0n) is 10.1. The highest BCUT2D eigenvalue weighted by molar-refractivity contribution is 5.76. The van der Waals surface area contributed by atoms with E-state index in [1.165, 1.54) is 19.3 Å². The summed E-state index contributed by atoms with van der Waals surface area (Å²) in [6.45, 7) is 2.16. The van der Waals surface area contributed by atoms with Crippen LogP contribution in [0.5, 0.6) is 0 Å². The Bertz CT molecular complexity index is 420. The van der Waals surface area contributed by atoms with E-state index in [1.807, 2.05) is 12.3 Å². The first-order valence-electron chi connectivity index (χ1n) is 6.52. The molecule has 2 heterocycles. The van der Waals surface area contributed by atoms with Gasteiger partial charge in [0.05, 0.1) is 5.41 Å². The Labute approximate surface area is 102 Å². The van der Waals surface area contributed by atoms with E-state index in [1.54, 1.807) is 0 Å². The molecule has 17 heavy (non-hydrogen) atoms. The van der Waals surface area contributed by atoms with Gasteiger partial charge in [0.15, 0.2) is 0 Å². The van der Waals surface area contributed by atoms with Gasteiger partial charge in [-0.15, -0.1) is 0 Å². The Kier molecular flexibility index (Phi) is 2.61. The van der Waals surface area contributed by atoms with Gasteiger partial charge in [0, 0.05) is 24.8 Å². The van der Waals surface area contributed by atoms with Crippen molar-refractivity contribution in [2.75, 3.05) is 18.0 Å². The maximum absolute atomic E-state index is 11.3. The Morgan fingerprint density at radius 1 is 1.24 bits per heavy atom. The second kappa shape index (κ2) is 4.13. The van der Waals surface area contributed by atoms with Crippen molar-refractivity contribution in [3.8, 4) is 0 Å². The van der Waals surface area contributed by atoms with Crippen LogP contribution in [0.15, 0.2) is 18.3 Å². The molecule has 0 spiro atoms. The number of hydrogen-bond donors (Lipinski definition) is 0. The van der Waals surface area contributed by atoms with Gasteiger partial charge in [-0.1, -0.05) is 6.07 Å². The maximum atomic E-state index is 11.3. The quantitative estimate of drug-likeness (QED) is 0.747. The number of hydrogen-bond acceptors (Lipinski definition) is 3. The van der Waals surface area contributed by atoms with Gasteiger partial charge in [-0.05, 0) is 38.2 Å². The lowest BCUT2D eigenvalue weighted by Gasteiger charge is -2.30. The first kappa shape index (κ1) is 10.8. The third-order valence-electron chi connectivity index (χ3n) is 3.99. The monoisotopic (exact) mass is 230 g/mol. The minimum atomic E-state index is -0.207. The van der Waals surface area contributed by atoms with E-state index >= 15 is 0 Å². The molecule has 1 aliphatic carbocycles. The van der Waals surface area contributed by atoms with E-state index in [2.05, 4.69) is 16.0 Å². The number of aromatic nitrogens is 1. The number of carbonyl (C=O) groups is 1. The van der Waals surface area contributed by atoms with Crippen molar-refractivity contribution in [1.29, 1.82) is 0 Å². The molecule has 0 unspecified atom stereocenters. The summed E-state index contributed by atoms with van der Waals surface area (Å²) in [5.74, 6) is 1.05. The van der Waals surface area contributed by atoms with Crippen LogP contribution in [0.2, 0.25) is 0 Å². The Hall–Kier alpha value is -1.38. The molecule has 1 aliphatic heterocycles. The van der Waals surface area contributed by atoms with Crippen LogP contribution in [0.3, 0.4) is 0 Å². The van der Waals surface area contributed by atoms with Crippen molar-refractivity contribution >= 4 is 12.1 Å². The topological polar surface area (TPSA) is 33.2 Å². The highest BCUT2D eigenvalue weighted by Crippen LogP contribution is 2.49. The molecule has 3 nitrogen and oxygen atoms in total. The highest BCUT2D eigenvalue weighted by atomic mass is 16.1. The van der Waals surface area contributed by atoms with Gasteiger partial charge in [-0.2, -0.15) is 0 Å². The van der Waals surface area contributed by atoms with E-state index in [0.29, 0.717) is 0 Å². The predicted octanol–water partition coefficient (Wildman–Crippen LogP) is 2.30. The summed E-state index contributed by atoms with van der Waals surface area (Å²) in [6.07, 6.45) is 8.74. The molecule has 2 fully saturated rings. The van der Waals surface area contributed by atoms with E-state index in [0.717, 1.165) is 43.6 Å². The van der Waals surface area contributed by atoms with Crippen LogP contribution in [-0.2, 0) is 10.2 Å². The molecule has 1 saturated heterocycles. The lowest BCUT2D eigenvalue weighted by atomic mass is 9.97. The van der Waals surface area contributed by atoms with Gasteiger partial charge in [0.2, 0.25) is 0 Å². The van der Waals surface area contributed by atoms with Gasteiger partial charge in [-0.3, -0.25) is 0 Å². The molecule has 0 radical (unpaired) electrons. The van der Waals surface area contributed by atoms with Gasteiger partial charge in [0.25, 0.3) is 0 Å². The molecule has 1 saturated carbocycles. The number of aldehydes is 1. The summed E-state index contributed by atoms with van der Waals surface area (Å²) in [5, 5.41) is 0. The second-order valence-electron chi connectivity index (χ2n) is 5.20. The molecule has 3 heteroatoms. The summed E-state index contributed by atoms with van der Waals surface area (Å²) in [7, 11) is 0.